The lowest BCUT2D eigenvalue weighted by Crippen LogP contribution is -2.54. The van der Waals surface area contributed by atoms with Crippen LogP contribution in [0.15, 0.2) is 109 Å². The van der Waals surface area contributed by atoms with Crippen LogP contribution >= 0.6 is 0 Å². The zero-order chi connectivity index (χ0) is 39.3. The van der Waals surface area contributed by atoms with E-state index in [9.17, 15) is 0 Å². The maximum Gasteiger partial charge on any atom is 0.128 e. The Morgan fingerprint density at radius 2 is 1.34 bits per heavy atom. The minimum Gasteiger partial charge on any atom is -0.483 e. The largest absolute Gasteiger partial charge is 0.483 e. The van der Waals surface area contributed by atoms with E-state index in [0.717, 1.165) is 83.4 Å². The van der Waals surface area contributed by atoms with Crippen molar-refractivity contribution in [1.82, 2.24) is 0 Å². The van der Waals surface area contributed by atoms with E-state index in [0.29, 0.717) is 16.7 Å². The number of hydrogen-bond acceptors (Lipinski definition) is 4. The van der Waals surface area contributed by atoms with Crippen molar-refractivity contribution in [1.29, 1.82) is 0 Å². The molecule has 10 unspecified atom stereocenters. The molecule has 0 aromatic heterocycles. The highest BCUT2D eigenvalue weighted by Crippen LogP contribution is 2.69. The second kappa shape index (κ2) is 15.1. The smallest absolute Gasteiger partial charge is 0.128 e. The van der Waals surface area contributed by atoms with Gasteiger partial charge in [-0.3, -0.25) is 0 Å². The molecule has 0 saturated heterocycles. The van der Waals surface area contributed by atoms with E-state index in [4.69, 9.17) is 20.9 Å². The molecule has 0 spiro atoms. The fourth-order valence-electron chi connectivity index (χ4n) is 12.8. The minimum absolute atomic E-state index is 0.0901. The molecule has 298 valence electrons. The number of benzene rings is 3. The van der Waals surface area contributed by atoms with Crippen molar-refractivity contribution in [3.05, 3.63) is 114 Å². The number of allylic oxidation sites excluding steroid dienone is 4. The minimum atomic E-state index is -0.418. The topological polar surface area (TPSA) is 70.5 Å². The van der Waals surface area contributed by atoms with Crippen LogP contribution in [-0.2, 0) is 5.41 Å². The molecule has 10 atom stereocenters. The van der Waals surface area contributed by atoms with Gasteiger partial charge < -0.3 is 20.9 Å². The molecular weight excluding hydrogens is 685 g/mol. The normalized spacial score (nSPS) is 35.3. The molecule has 0 radical (unpaired) electrons. The first-order chi connectivity index (χ1) is 26.8. The molecule has 3 saturated carbocycles. The Kier molecular flexibility index (Phi) is 10.5. The number of ether oxygens (including phenoxy) is 2. The quantitative estimate of drug-likeness (QED) is 0.151. The van der Waals surface area contributed by atoms with Gasteiger partial charge in [0.25, 0.3) is 0 Å². The monoisotopic (exact) mass is 753 g/mol. The SMILES string of the molecule is CC(C)CCCC(C)C1CCC2C3C=CC4CC(C5=CCC(C)(Oc6ccc(N)cc6)C=C5)(c5ccc(Oc6ccc(N)cc6)cc5)CCC4(C)C3CCC12C. The summed E-state index contributed by atoms with van der Waals surface area (Å²) in [7, 11) is 0. The lowest BCUT2D eigenvalue weighted by Gasteiger charge is -2.61. The van der Waals surface area contributed by atoms with Gasteiger partial charge in [0, 0.05) is 23.2 Å². The van der Waals surface area contributed by atoms with Gasteiger partial charge in [0.1, 0.15) is 22.8 Å². The average Bonchev–Trinajstić information content (AvgIpc) is 3.54. The summed E-state index contributed by atoms with van der Waals surface area (Å²) in [5.74, 6) is 7.89. The zero-order valence-electron chi connectivity index (χ0n) is 35.1. The van der Waals surface area contributed by atoms with E-state index < -0.39 is 5.60 Å². The molecular formula is C52H68N2O2. The Bertz CT molecular complexity index is 1930. The van der Waals surface area contributed by atoms with Crippen LogP contribution in [0, 0.1) is 52.3 Å². The highest BCUT2D eigenvalue weighted by Gasteiger charge is 2.61. The van der Waals surface area contributed by atoms with Gasteiger partial charge in [-0.2, -0.15) is 0 Å². The fourth-order valence-corrected chi connectivity index (χ4v) is 12.8. The highest BCUT2D eigenvalue weighted by atomic mass is 16.5. The summed E-state index contributed by atoms with van der Waals surface area (Å²) in [6, 6.07) is 24.4. The van der Waals surface area contributed by atoms with Crippen LogP contribution in [0.5, 0.6) is 17.2 Å². The second-order valence-electron chi connectivity index (χ2n) is 20.0. The van der Waals surface area contributed by atoms with Crippen molar-refractivity contribution in [2.24, 2.45) is 52.3 Å². The fraction of sp³-hybridized carbons (Fsp3) is 0.538. The number of hydrogen-bond donors (Lipinski definition) is 2. The standard InChI is InChI=1S/C52H68N2O2/c1-35(2)8-7-9-36(3)46-24-25-47-45-23-12-39-34-52(33-32-50(39,5)48(45)28-31-51(46,47)6,37-10-17-42(18-11-37)55-43-19-13-40(53)14-20-43)38-26-29-49(4,30-27-38)56-44-21-15-41(54)16-22-44/h10-23,26-27,29,35-36,39,45-48H,7-9,24-25,28,30-34,53-54H2,1-6H3. The average molecular weight is 753 g/mol. The first kappa shape index (κ1) is 38.9. The van der Waals surface area contributed by atoms with Crippen LogP contribution < -0.4 is 20.9 Å². The third-order valence-electron chi connectivity index (χ3n) is 16.1. The Balaban J connectivity index is 1.06. The summed E-state index contributed by atoms with van der Waals surface area (Å²) in [4.78, 5) is 0. The molecule has 5 aliphatic carbocycles. The Morgan fingerprint density at radius 1 is 0.696 bits per heavy atom. The Labute approximate surface area is 338 Å². The third kappa shape index (κ3) is 7.24. The molecule has 0 amide bonds. The van der Waals surface area contributed by atoms with Crippen LogP contribution in [0.25, 0.3) is 0 Å². The van der Waals surface area contributed by atoms with Crippen molar-refractivity contribution in [3.8, 4) is 17.2 Å². The van der Waals surface area contributed by atoms with E-state index in [2.05, 4.69) is 96.2 Å². The number of anilines is 2. The van der Waals surface area contributed by atoms with Crippen molar-refractivity contribution in [3.63, 3.8) is 0 Å². The van der Waals surface area contributed by atoms with Gasteiger partial charge >= 0.3 is 0 Å². The summed E-state index contributed by atoms with van der Waals surface area (Å²) in [5.41, 5.74) is 16.5. The number of rotatable bonds is 11. The lowest BCUT2D eigenvalue weighted by molar-refractivity contribution is -0.0721. The Morgan fingerprint density at radius 3 is 1.98 bits per heavy atom. The maximum atomic E-state index is 6.58. The third-order valence-corrected chi connectivity index (χ3v) is 16.1. The van der Waals surface area contributed by atoms with E-state index in [-0.39, 0.29) is 5.41 Å². The molecule has 3 fully saturated rings. The lowest BCUT2D eigenvalue weighted by atomic mass is 9.43. The van der Waals surface area contributed by atoms with Crippen molar-refractivity contribution >= 4 is 11.4 Å². The first-order valence-electron chi connectivity index (χ1n) is 22.1. The van der Waals surface area contributed by atoms with E-state index in [1.54, 1.807) is 0 Å². The summed E-state index contributed by atoms with van der Waals surface area (Å²) in [5, 5.41) is 0. The molecule has 0 heterocycles. The predicted molar refractivity (Wildman–Crippen MR) is 234 cm³/mol. The molecule has 0 aliphatic heterocycles. The van der Waals surface area contributed by atoms with Crippen LogP contribution in [-0.4, -0.2) is 5.60 Å². The van der Waals surface area contributed by atoms with Crippen LogP contribution in [0.3, 0.4) is 0 Å². The number of fused-ring (bicyclic) bond motifs is 5. The van der Waals surface area contributed by atoms with Gasteiger partial charge in [-0.15, -0.1) is 0 Å². The summed E-state index contributed by atoms with van der Waals surface area (Å²) >= 11 is 0. The second-order valence-corrected chi connectivity index (χ2v) is 20.0. The number of nitrogen functional groups attached to an aromatic ring is 2. The van der Waals surface area contributed by atoms with Crippen molar-refractivity contribution in [2.45, 2.75) is 123 Å². The summed E-state index contributed by atoms with van der Waals surface area (Å²) in [6.07, 6.45) is 26.8. The van der Waals surface area contributed by atoms with Crippen LogP contribution in [0.1, 0.15) is 118 Å². The van der Waals surface area contributed by atoms with Gasteiger partial charge in [0.2, 0.25) is 0 Å². The predicted octanol–water partition coefficient (Wildman–Crippen LogP) is 13.5. The molecule has 3 aromatic carbocycles. The zero-order valence-corrected chi connectivity index (χ0v) is 35.1. The van der Waals surface area contributed by atoms with E-state index >= 15 is 0 Å². The molecule has 8 rings (SSSR count). The summed E-state index contributed by atoms with van der Waals surface area (Å²) < 4.78 is 12.9. The molecule has 4 heteroatoms. The molecule has 56 heavy (non-hydrogen) atoms. The van der Waals surface area contributed by atoms with Gasteiger partial charge in [0.15, 0.2) is 0 Å². The van der Waals surface area contributed by atoms with Crippen LogP contribution in [0.2, 0.25) is 0 Å². The highest BCUT2D eigenvalue weighted by molar-refractivity contribution is 5.49. The Hall–Kier alpha value is -3.92. The maximum absolute atomic E-state index is 6.58. The van der Waals surface area contributed by atoms with Crippen molar-refractivity contribution in [2.75, 3.05) is 11.5 Å². The van der Waals surface area contributed by atoms with E-state index in [1.165, 1.54) is 62.5 Å². The van der Waals surface area contributed by atoms with Crippen LogP contribution in [0.4, 0.5) is 11.4 Å². The van der Waals surface area contributed by atoms with Gasteiger partial charge in [-0.05, 0) is 182 Å². The first-order valence-corrected chi connectivity index (χ1v) is 22.1. The molecule has 4 nitrogen and oxygen atoms in total. The van der Waals surface area contributed by atoms with E-state index in [1.807, 2.05) is 48.5 Å². The summed E-state index contributed by atoms with van der Waals surface area (Å²) in [6.45, 7) is 15.0. The van der Waals surface area contributed by atoms with Crippen molar-refractivity contribution < 1.29 is 9.47 Å². The molecule has 5 aliphatic rings. The molecule has 3 aromatic rings. The van der Waals surface area contributed by atoms with Gasteiger partial charge in [0.05, 0.1) is 0 Å². The molecule has 0 bridgehead atoms. The van der Waals surface area contributed by atoms with Gasteiger partial charge in [-0.1, -0.05) is 90.3 Å². The molecule has 4 N–H and O–H groups in total. The van der Waals surface area contributed by atoms with Gasteiger partial charge in [-0.25, -0.2) is 0 Å². The number of nitrogens with two attached hydrogens (primary N) is 2.